The lowest BCUT2D eigenvalue weighted by molar-refractivity contribution is 0.303. The van der Waals surface area contributed by atoms with Crippen molar-refractivity contribution in [2.45, 2.75) is 39.3 Å². The van der Waals surface area contributed by atoms with Crippen LogP contribution in [-0.4, -0.2) is 39.3 Å². The molecule has 0 bridgehead atoms. The fraction of sp³-hybridized carbons (Fsp3) is 0.320. The molecule has 0 radical (unpaired) electrons. The maximum atomic E-state index is 6.22. The van der Waals surface area contributed by atoms with Gasteiger partial charge in [0.05, 0.1) is 30.1 Å². The first-order valence-electron chi connectivity index (χ1n) is 11.4. The summed E-state index contributed by atoms with van der Waals surface area (Å²) in [6.07, 6.45) is 4.31. The number of fused-ring (bicyclic) bond motifs is 2. The molecular weight excluding hydrogens is 450 g/mol. The van der Waals surface area contributed by atoms with Gasteiger partial charge in [-0.2, -0.15) is 5.10 Å². The number of furan rings is 1. The molecule has 0 spiro atoms. The van der Waals surface area contributed by atoms with Gasteiger partial charge in [-0.15, -0.1) is 11.3 Å². The fourth-order valence-corrected chi connectivity index (χ4v) is 5.34. The van der Waals surface area contributed by atoms with E-state index in [4.69, 9.17) is 18.9 Å². The summed E-state index contributed by atoms with van der Waals surface area (Å²) in [4.78, 5) is 11.8. The van der Waals surface area contributed by atoms with Gasteiger partial charge in [0.2, 0.25) is 0 Å². The molecule has 1 aliphatic heterocycles. The third-order valence-electron chi connectivity index (χ3n) is 6.23. The zero-order valence-electron chi connectivity index (χ0n) is 19.3. The van der Waals surface area contributed by atoms with Crippen LogP contribution in [0, 0.1) is 6.92 Å². The van der Waals surface area contributed by atoms with Crippen LogP contribution in [0.5, 0.6) is 11.5 Å². The van der Waals surface area contributed by atoms with Gasteiger partial charge in [-0.3, -0.25) is 0 Å². The molecule has 1 fully saturated rings. The Morgan fingerprint density at radius 2 is 2.12 bits per heavy atom. The van der Waals surface area contributed by atoms with Crippen molar-refractivity contribution >= 4 is 33.1 Å². The first-order valence-corrected chi connectivity index (χ1v) is 12.2. The maximum absolute atomic E-state index is 6.22. The van der Waals surface area contributed by atoms with E-state index in [2.05, 4.69) is 27.3 Å². The fourth-order valence-electron chi connectivity index (χ4n) is 4.41. The lowest BCUT2D eigenvalue weighted by atomic mass is 10.2. The van der Waals surface area contributed by atoms with Crippen LogP contribution in [0.15, 0.2) is 46.3 Å². The Bertz CT molecular complexity index is 1490. The highest BCUT2D eigenvalue weighted by Gasteiger charge is 2.23. The van der Waals surface area contributed by atoms with Crippen molar-refractivity contribution in [3.05, 3.63) is 53.3 Å². The van der Waals surface area contributed by atoms with E-state index in [1.165, 1.54) is 12.8 Å². The first kappa shape index (κ1) is 21.0. The van der Waals surface area contributed by atoms with Gasteiger partial charge in [0.15, 0.2) is 16.5 Å². The third kappa shape index (κ3) is 3.75. The molecular formula is C25H25N5O3S. The average Bonchev–Trinajstić information content (AvgIpc) is 3.61. The highest BCUT2D eigenvalue weighted by molar-refractivity contribution is 7.13. The number of ether oxygens (including phenoxy) is 2. The molecule has 1 aromatic carbocycles. The summed E-state index contributed by atoms with van der Waals surface area (Å²) in [5.74, 6) is 2.00. The second-order valence-corrected chi connectivity index (χ2v) is 9.48. The van der Waals surface area contributed by atoms with Crippen molar-refractivity contribution in [1.29, 1.82) is 0 Å². The number of hydrogen-bond acceptors (Lipinski definition) is 8. The van der Waals surface area contributed by atoms with Gasteiger partial charge in [-0.1, -0.05) is 0 Å². The summed E-state index contributed by atoms with van der Waals surface area (Å²) in [5, 5.41) is 8.48. The van der Waals surface area contributed by atoms with Crippen LogP contribution >= 0.6 is 11.3 Å². The Balaban J connectivity index is 1.30. The summed E-state index contributed by atoms with van der Waals surface area (Å²) in [5.41, 5.74) is 3.99. The SMILES string of the molecule is COc1cc(OCc2csc(N3CCCC3C)n2)c2cc(-c3cn4nc(C)ccc4n3)oc2c1. The smallest absolute Gasteiger partial charge is 0.185 e. The van der Waals surface area contributed by atoms with Crippen LogP contribution in [0.1, 0.15) is 31.2 Å². The van der Waals surface area contributed by atoms with Gasteiger partial charge in [0.25, 0.3) is 0 Å². The van der Waals surface area contributed by atoms with Crippen molar-refractivity contribution < 1.29 is 13.9 Å². The largest absolute Gasteiger partial charge is 0.496 e. The van der Waals surface area contributed by atoms with E-state index in [9.17, 15) is 0 Å². The Labute approximate surface area is 200 Å². The second kappa shape index (κ2) is 8.32. The van der Waals surface area contributed by atoms with Crippen LogP contribution in [0.3, 0.4) is 0 Å². The minimum atomic E-state index is 0.374. The first-order chi connectivity index (χ1) is 16.6. The van der Waals surface area contributed by atoms with E-state index < -0.39 is 0 Å². The summed E-state index contributed by atoms with van der Waals surface area (Å²) in [6.45, 7) is 5.65. The molecule has 1 aliphatic rings. The van der Waals surface area contributed by atoms with Crippen LogP contribution in [-0.2, 0) is 6.61 Å². The lowest BCUT2D eigenvalue weighted by Gasteiger charge is -2.19. The molecule has 5 heterocycles. The van der Waals surface area contributed by atoms with Crippen molar-refractivity contribution in [2.75, 3.05) is 18.6 Å². The van der Waals surface area contributed by atoms with Crippen LogP contribution in [0.4, 0.5) is 5.13 Å². The molecule has 174 valence electrons. The van der Waals surface area contributed by atoms with Crippen LogP contribution in [0.25, 0.3) is 28.1 Å². The van der Waals surface area contributed by atoms with Crippen molar-refractivity contribution in [3.8, 4) is 23.0 Å². The average molecular weight is 476 g/mol. The number of imidazole rings is 1. The van der Waals surface area contributed by atoms with Gasteiger partial charge in [-0.25, -0.2) is 14.5 Å². The Kier molecular flexibility index (Phi) is 5.13. The van der Waals surface area contributed by atoms with Gasteiger partial charge in [-0.05, 0) is 44.9 Å². The standard InChI is InChI=1S/C25H25N5O3S/c1-15-6-7-24-27-20(12-30(24)28-15)23-11-19-21(9-18(31-3)10-22(19)33-23)32-13-17-14-34-25(26-17)29-8-4-5-16(29)2/h6-7,9-12,14,16H,4-5,8,13H2,1-3H3. The molecule has 8 nitrogen and oxygen atoms in total. The minimum Gasteiger partial charge on any atom is -0.496 e. The highest BCUT2D eigenvalue weighted by atomic mass is 32.1. The topological polar surface area (TPSA) is 77.9 Å². The molecule has 0 amide bonds. The molecule has 4 aromatic heterocycles. The number of hydrogen-bond donors (Lipinski definition) is 0. The summed E-state index contributed by atoms with van der Waals surface area (Å²) in [6, 6.07) is 10.1. The number of benzene rings is 1. The van der Waals surface area contributed by atoms with E-state index in [1.54, 1.807) is 23.0 Å². The third-order valence-corrected chi connectivity index (χ3v) is 7.15. The maximum Gasteiger partial charge on any atom is 0.185 e. The molecule has 0 aliphatic carbocycles. The lowest BCUT2D eigenvalue weighted by Crippen LogP contribution is -2.26. The van der Waals surface area contributed by atoms with Gasteiger partial charge >= 0.3 is 0 Å². The molecule has 1 unspecified atom stereocenters. The highest BCUT2D eigenvalue weighted by Crippen LogP contribution is 2.37. The predicted octanol–water partition coefficient (Wildman–Crippen LogP) is 5.48. The summed E-state index contributed by atoms with van der Waals surface area (Å²) < 4.78 is 19.6. The molecule has 0 saturated carbocycles. The van der Waals surface area contributed by atoms with Gasteiger partial charge in [0, 0.05) is 30.1 Å². The molecule has 6 rings (SSSR count). The quantitative estimate of drug-likeness (QED) is 0.322. The number of anilines is 1. The normalized spacial score (nSPS) is 16.1. The van der Waals surface area contributed by atoms with E-state index in [0.717, 1.165) is 34.1 Å². The predicted molar refractivity (Wildman–Crippen MR) is 132 cm³/mol. The Morgan fingerprint density at radius 1 is 1.21 bits per heavy atom. The zero-order valence-corrected chi connectivity index (χ0v) is 20.1. The summed E-state index contributed by atoms with van der Waals surface area (Å²) >= 11 is 1.68. The minimum absolute atomic E-state index is 0.374. The number of thiazole rings is 1. The molecule has 1 saturated heterocycles. The molecule has 34 heavy (non-hydrogen) atoms. The Hall–Kier alpha value is -3.59. The van der Waals surface area contributed by atoms with E-state index in [1.807, 2.05) is 43.5 Å². The molecule has 9 heteroatoms. The molecule has 5 aromatic rings. The van der Waals surface area contributed by atoms with E-state index in [-0.39, 0.29) is 0 Å². The van der Waals surface area contributed by atoms with Gasteiger partial charge < -0.3 is 18.8 Å². The molecule has 0 N–H and O–H groups in total. The van der Waals surface area contributed by atoms with Crippen molar-refractivity contribution in [1.82, 2.24) is 19.6 Å². The monoisotopic (exact) mass is 475 g/mol. The van der Waals surface area contributed by atoms with E-state index in [0.29, 0.717) is 41.2 Å². The van der Waals surface area contributed by atoms with Gasteiger partial charge in [0.1, 0.15) is 29.4 Å². The molecule has 1 atom stereocenters. The number of aromatic nitrogens is 4. The van der Waals surface area contributed by atoms with Crippen molar-refractivity contribution in [2.24, 2.45) is 0 Å². The summed E-state index contributed by atoms with van der Waals surface area (Å²) in [7, 11) is 1.63. The van der Waals surface area contributed by atoms with E-state index >= 15 is 0 Å². The Morgan fingerprint density at radius 3 is 2.94 bits per heavy atom. The zero-order chi connectivity index (χ0) is 23.2. The second-order valence-electron chi connectivity index (χ2n) is 8.65. The number of aryl methyl sites for hydroxylation is 1. The number of nitrogens with zero attached hydrogens (tertiary/aromatic N) is 5. The number of methoxy groups -OCH3 is 1. The van der Waals surface area contributed by atoms with Crippen molar-refractivity contribution in [3.63, 3.8) is 0 Å². The van der Waals surface area contributed by atoms with Crippen LogP contribution < -0.4 is 14.4 Å². The number of rotatable bonds is 6. The van der Waals surface area contributed by atoms with Crippen LogP contribution in [0.2, 0.25) is 0 Å².